The van der Waals surface area contributed by atoms with Crippen molar-refractivity contribution in [1.82, 2.24) is 5.32 Å². The minimum Gasteiger partial charge on any atom is -0.347 e. The Balaban J connectivity index is 2.07. The molecular weight excluding hydrogens is 258 g/mol. The van der Waals surface area contributed by atoms with Gasteiger partial charge in [-0.25, -0.2) is 0 Å². The molecule has 0 aliphatic rings. The van der Waals surface area contributed by atoms with E-state index in [2.05, 4.69) is 10.7 Å². The summed E-state index contributed by atoms with van der Waals surface area (Å²) >= 11 is 1.68. The molecule has 0 saturated carbocycles. The molecule has 0 atom stereocenters. The van der Waals surface area contributed by atoms with Crippen LogP contribution in [0.15, 0.2) is 30.3 Å². The van der Waals surface area contributed by atoms with E-state index >= 15 is 0 Å². The number of anilines is 1. The Labute approximate surface area is 116 Å². The molecule has 1 aromatic heterocycles. The summed E-state index contributed by atoms with van der Waals surface area (Å²) in [5.41, 5.74) is 4.81. The Hall–Kier alpha value is -1.85. The van der Waals surface area contributed by atoms with E-state index in [0.717, 1.165) is 10.4 Å². The number of amides is 1. The fraction of sp³-hybridized carbons (Fsp3) is 0.214. The molecule has 2 aromatic rings. The van der Waals surface area contributed by atoms with Crippen LogP contribution in [0.25, 0.3) is 0 Å². The highest BCUT2D eigenvalue weighted by Crippen LogP contribution is 2.18. The van der Waals surface area contributed by atoms with E-state index in [9.17, 15) is 4.79 Å². The van der Waals surface area contributed by atoms with Gasteiger partial charge in [-0.05, 0) is 43.7 Å². The average Bonchev–Trinajstić information content (AvgIpc) is 2.81. The maximum atomic E-state index is 12.1. The van der Waals surface area contributed by atoms with E-state index in [4.69, 9.17) is 5.84 Å². The molecule has 19 heavy (non-hydrogen) atoms. The maximum Gasteiger partial charge on any atom is 0.253 e. The zero-order chi connectivity index (χ0) is 13.8. The highest BCUT2D eigenvalue weighted by Gasteiger charge is 2.11. The molecule has 4 N–H and O–H groups in total. The van der Waals surface area contributed by atoms with E-state index in [-0.39, 0.29) is 5.91 Å². The summed E-state index contributed by atoms with van der Waals surface area (Å²) in [5.74, 6) is 5.31. The second-order valence-corrected chi connectivity index (χ2v) is 5.76. The summed E-state index contributed by atoms with van der Waals surface area (Å²) in [4.78, 5) is 14.5. The number of aryl methyl sites for hydroxylation is 2. The van der Waals surface area contributed by atoms with Crippen molar-refractivity contribution in [1.29, 1.82) is 0 Å². The number of thiophene rings is 1. The lowest BCUT2D eigenvalue weighted by atomic mass is 10.1. The van der Waals surface area contributed by atoms with Crippen LogP contribution in [0.3, 0.4) is 0 Å². The van der Waals surface area contributed by atoms with Crippen molar-refractivity contribution in [3.63, 3.8) is 0 Å². The fourth-order valence-corrected chi connectivity index (χ4v) is 2.65. The summed E-state index contributed by atoms with van der Waals surface area (Å²) in [6.45, 7) is 4.54. The van der Waals surface area contributed by atoms with Crippen LogP contribution in [0, 0.1) is 13.8 Å². The van der Waals surface area contributed by atoms with Gasteiger partial charge in [0.1, 0.15) is 0 Å². The molecule has 0 bridgehead atoms. The standard InChI is InChI=1S/C14H17N3OS/c1-9-3-6-12(13(7-9)17-15)14(18)16-8-11-5-4-10(2)19-11/h3-7,17H,8,15H2,1-2H3,(H,16,18). The lowest BCUT2D eigenvalue weighted by molar-refractivity contribution is 0.0952. The van der Waals surface area contributed by atoms with Crippen molar-refractivity contribution >= 4 is 22.9 Å². The molecular formula is C14H17N3OS. The quantitative estimate of drug-likeness (QED) is 0.593. The van der Waals surface area contributed by atoms with Crippen LogP contribution in [0.4, 0.5) is 5.69 Å². The first kappa shape index (κ1) is 13.6. The van der Waals surface area contributed by atoms with Crippen LogP contribution in [-0.2, 0) is 6.54 Å². The van der Waals surface area contributed by atoms with Crippen molar-refractivity contribution < 1.29 is 4.79 Å². The van der Waals surface area contributed by atoms with Gasteiger partial charge in [0, 0.05) is 9.75 Å². The topological polar surface area (TPSA) is 67.2 Å². The van der Waals surface area contributed by atoms with E-state index in [1.165, 1.54) is 4.88 Å². The minimum atomic E-state index is -0.126. The number of hydrogen-bond donors (Lipinski definition) is 3. The SMILES string of the molecule is Cc1ccc(C(=O)NCc2ccc(C)s2)c(NN)c1. The predicted octanol–water partition coefficient (Wildman–Crippen LogP) is 2.58. The smallest absolute Gasteiger partial charge is 0.253 e. The molecule has 1 aromatic carbocycles. The minimum absolute atomic E-state index is 0.126. The number of benzene rings is 1. The highest BCUT2D eigenvalue weighted by molar-refractivity contribution is 7.11. The van der Waals surface area contributed by atoms with Crippen molar-refractivity contribution in [2.24, 2.45) is 5.84 Å². The molecule has 0 unspecified atom stereocenters. The Morgan fingerprint density at radius 1 is 1.26 bits per heavy atom. The van der Waals surface area contributed by atoms with E-state index < -0.39 is 0 Å². The molecule has 4 nitrogen and oxygen atoms in total. The number of nitrogens with one attached hydrogen (secondary N) is 2. The molecule has 5 heteroatoms. The van der Waals surface area contributed by atoms with Crippen molar-refractivity contribution in [3.8, 4) is 0 Å². The van der Waals surface area contributed by atoms with Crippen LogP contribution in [0.1, 0.15) is 25.7 Å². The van der Waals surface area contributed by atoms with Gasteiger partial charge in [0.2, 0.25) is 0 Å². The second kappa shape index (κ2) is 5.86. The first-order valence-corrected chi connectivity index (χ1v) is 6.82. The van der Waals surface area contributed by atoms with Gasteiger partial charge in [-0.15, -0.1) is 11.3 Å². The average molecular weight is 275 g/mol. The van der Waals surface area contributed by atoms with Gasteiger partial charge in [0.25, 0.3) is 5.91 Å². The number of carbonyl (C=O) groups is 1. The number of carbonyl (C=O) groups excluding carboxylic acids is 1. The second-order valence-electron chi connectivity index (χ2n) is 4.39. The molecule has 1 amide bonds. The van der Waals surface area contributed by atoms with Crippen LogP contribution < -0.4 is 16.6 Å². The van der Waals surface area contributed by atoms with Gasteiger partial charge in [-0.3, -0.25) is 10.6 Å². The maximum absolute atomic E-state index is 12.1. The third kappa shape index (κ3) is 3.33. The number of rotatable bonds is 4. The Morgan fingerprint density at radius 3 is 2.68 bits per heavy atom. The summed E-state index contributed by atoms with van der Waals surface area (Å²) in [6.07, 6.45) is 0. The van der Waals surface area contributed by atoms with Crippen LogP contribution >= 0.6 is 11.3 Å². The third-order valence-electron chi connectivity index (χ3n) is 2.79. The Morgan fingerprint density at radius 2 is 2.05 bits per heavy atom. The zero-order valence-corrected chi connectivity index (χ0v) is 11.8. The van der Waals surface area contributed by atoms with E-state index in [0.29, 0.717) is 17.8 Å². The van der Waals surface area contributed by atoms with Crippen molar-refractivity contribution in [3.05, 3.63) is 51.2 Å². The molecule has 2 rings (SSSR count). The van der Waals surface area contributed by atoms with Crippen molar-refractivity contribution in [2.75, 3.05) is 5.43 Å². The summed E-state index contributed by atoms with van der Waals surface area (Å²) in [5, 5.41) is 2.90. The summed E-state index contributed by atoms with van der Waals surface area (Å²) < 4.78 is 0. The van der Waals surface area contributed by atoms with Gasteiger partial charge >= 0.3 is 0 Å². The Bertz CT molecular complexity index is 592. The number of hydrazine groups is 1. The normalized spacial score (nSPS) is 10.3. The van der Waals surface area contributed by atoms with E-state index in [1.807, 2.05) is 38.1 Å². The predicted molar refractivity (Wildman–Crippen MR) is 79.2 cm³/mol. The first-order chi connectivity index (χ1) is 9.10. The third-order valence-corrected chi connectivity index (χ3v) is 3.80. The van der Waals surface area contributed by atoms with Crippen molar-refractivity contribution in [2.45, 2.75) is 20.4 Å². The van der Waals surface area contributed by atoms with Gasteiger partial charge in [0.15, 0.2) is 0 Å². The largest absolute Gasteiger partial charge is 0.347 e. The molecule has 0 radical (unpaired) electrons. The molecule has 1 heterocycles. The van der Waals surface area contributed by atoms with Crippen LogP contribution in [0.2, 0.25) is 0 Å². The van der Waals surface area contributed by atoms with Gasteiger partial charge in [-0.2, -0.15) is 0 Å². The molecule has 100 valence electrons. The highest BCUT2D eigenvalue weighted by atomic mass is 32.1. The lowest BCUT2D eigenvalue weighted by Crippen LogP contribution is -2.24. The summed E-state index contributed by atoms with van der Waals surface area (Å²) in [6, 6.07) is 9.59. The first-order valence-electron chi connectivity index (χ1n) is 6.01. The summed E-state index contributed by atoms with van der Waals surface area (Å²) in [7, 11) is 0. The van der Waals surface area contributed by atoms with Gasteiger partial charge in [0.05, 0.1) is 17.8 Å². The molecule has 0 saturated heterocycles. The molecule has 0 aliphatic heterocycles. The number of nitrogen functional groups attached to an aromatic ring is 1. The molecule has 0 aliphatic carbocycles. The molecule has 0 fully saturated rings. The fourth-order valence-electron chi connectivity index (χ4n) is 1.82. The molecule has 0 spiro atoms. The van der Waals surface area contributed by atoms with Crippen LogP contribution in [-0.4, -0.2) is 5.91 Å². The zero-order valence-electron chi connectivity index (χ0n) is 11.0. The number of hydrogen-bond acceptors (Lipinski definition) is 4. The number of nitrogens with two attached hydrogens (primary N) is 1. The van der Waals surface area contributed by atoms with Gasteiger partial charge in [-0.1, -0.05) is 6.07 Å². The van der Waals surface area contributed by atoms with Crippen LogP contribution in [0.5, 0.6) is 0 Å². The Kier molecular flexibility index (Phi) is 4.19. The monoisotopic (exact) mass is 275 g/mol. The van der Waals surface area contributed by atoms with E-state index in [1.54, 1.807) is 17.4 Å². The lowest BCUT2D eigenvalue weighted by Gasteiger charge is -2.10. The van der Waals surface area contributed by atoms with Gasteiger partial charge < -0.3 is 10.7 Å².